The van der Waals surface area contributed by atoms with E-state index >= 15 is 0 Å². The number of hydrogen-bond acceptors (Lipinski definition) is 2. The number of hydrogen-bond donors (Lipinski definition) is 2. The van der Waals surface area contributed by atoms with E-state index in [1.165, 1.54) is 13.0 Å². The third-order valence-electron chi connectivity index (χ3n) is 2.17. The minimum Gasteiger partial charge on any atom is -0.368 e. The summed E-state index contributed by atoms with van der Waals surface area (Å²) in [6.07, 6.45) is -0.274. The third kappa shape index (κ3) is 3.82. The van der Waals surface area contributed by atoms with Gasteiger partial charge in [-0.2, -0.15) is 0 Å². The fourth-order valence-corrected chi connectivity index (χ4v) is 1.20. The van der Waals surface area contributed by atoms with Crippen LogP contribution in [0.5, 0.6) is 0 Å². The normalized spacial score (nSPS) is 11.9. The van der Waals surface area contributed by atoms with Crippen LogP contribution < -0.4 is 11.1 Å². The molecule has 0 aliphatic carbocycles. The van der Waals surface area contributed by atoms with Crippen LogP contribution in [0.1, 0.15) is 12.5 Å². The Morgan fingerprint density at radius 1 is 1.41 bits per heavy atom. The Morgan fingerprint density at radius 2 is 2.06 bits per heavy atom. The molecule has 92 valence electrons. The Bertz CT molecular complexity index is 449. The first-order chi connectivity index (χ1) is 7.90. The predicted octanol–water partition coefficient (Wildman–Crippen LogP) is 0.497. The minimum absolute atomic E-state index is 0.0561. The largest absolute Gasteiger partial charge is 0.368 e. The van der Waals surface area contributed by atoms with E-state index in [0.717, 1.165) is 6.07 Å². The number of carbonyl (C=O) groups is 2. The highest BCUT2D eigenvalue weighted by atomic mass is 19.1. The standard InChI is InChI=1S/C11H12F2N2O2/c1-6(11(14)17)15-10(16)4-7-2-3-8(12)5-9(7)13/h2-3,5-6H,4H2,1H3,(H2,14,17)(H,15,16)/t6-/m0/s1. The van der Waals surface area contributed by atoms with Crippen molar-refractivity contribution in [2.24, 2.45) is 5.73 Å². The predicted molar refractivity (Wildman–Crippen MR) is 56.9 cm³/mol. The van der Waals surface area contributed by atoms with Crippen molar-refractivity contribution in [3.8, 4) is 0 Å². The number of nitrogens with one attached hydrogen (secondary N) is 1. The van der Waals surface area contributed by atoms with Gasteiger partial charge in [0.1, 0.15) is 17.7 Å². The highest BCUT2D eigenvalue weighted by Gasteiger charge is 2.14. The second kappa shape index (κ2) is 5.38. The molecule has 0 radical (unpaired) electrons. The summed E-state index contributed by atoms with van der Waals surface area (Å²) < 4.78 is 25.8. The van der Waals surface area contributed by atoms with E-state index in [2.05, 4.69) is 5.32 Å². The van der Waals surface area contributed by atoms with Gasteiger partial charge in [0.25, 0.3) is 0 Å². The summed E-state index contributed by atoms with van der Waals surface area (Å²) in [5.74, 6) is -2.75. The SMILES string of the molecule is C[C@H](NC(=O)Cc1ccc(F)cc1F)C(N)=O. The van der Waals surface area contributed by atoms with Gasteiger partial charge in [-0.1, -0.05) is 6.07 Å². The maximum absolute atomic E-state index is 13.2. The lowest BCUT2D eigenvalue weighted by Crippen LogP contribution is -2.42. The van der Waals surface area contributed by atoms with Crippen molar-refractivity contribution in [2.45, 2.75) is 19.4 Å². The molecule has 0 aliphatic heterocycles. The van der Waals surface area contributed by atoms with Gasteiger partial charge in [0, 0.05) is 6.07 Å². The number of carbonyl (C=O) groups excluding carboxylic acids is 2. The van der Waals surface area contributed by atoms with Crippen molar-refractivity contribution >= 4 is 11.8 Å². The maximum atomic E-state index is 13.2. The molecule has 4 nitrogen and oxygen atoms in total. The second-order valence-corrected chi connectivity index (χ2v) is 3.60. The molecular weight excluding hydrogens is 230 g/mol. The van der Waals surface area contributed by atoms with Crippen molar-refractivity contribution in [1.82, 2.24) is 5.32 Å². The first-order valence-electron chi connectivity index (χ1n) is 4.92. The topological polar surface area (TPSA) is 72.2 Å². The average Bonchev–Trinajstić information content (AvgIpc) is 2.22. The molecule has 1 rings (SSSR count). The fraction of sp³-hybridized carbons (Fsp3) is 0.273. The summed E-state index contributed by atoms with van der Waals surface area (Å²) in [5.41, 5.74) is 5.01. The monoisotopic (exact) mass is 242 g/mol. The van der Waals surface area contributed by atoms with E-state index in [9.17, 15) is 18.4 Å². The van der Waals surface area contributed by atoms with Gasteiger partial charge in [-0.05, 0) is 18.6 Å². The Hall–Kier alpha value is -1.98. The fourth-order valence-electron chi connectivity index (χ4n) is 1.20. The van der Waals surface area contributed by atoms with Crippen molar-refractivity contribution in [3.05, 3.63) is 35.4 Å². The highest BCUT2D eigenvalue weighted by Crippen LogP contribution is 2.10. The lowest BCUT2D eigenvalue weighted by Gasteiger charge is -2.10. The van der Waals surface area contributed by atoms with Crippen molar-refractivity contribution in [1.29, 1.82) is 0 Å². The molecule has 0 heterocycles. The summed E-state index contributed by atoms with van der Waals surface area (Å²) >= 11 is 0. The van der Waals surface area contributed by atoms with E-state index in [0.29, 0.717) is 6.07 Å². The van der Waals surface area contributed by atoms with Crippen molar-refractivity contribution in [3.63, 3.8) is 0 Å². The zero-order valence-corrected chi connectivity index (χ0v) is 9.17. The van der Waals surface area contributed by atoms with Crippen LogP contribution in [-0.2, 0) is 16.0 Å². The quantitative estimate of drug-likeness (QED) is 0.806. The zero-order valence-electron chi connectivity index (χ0n) is 9.17. The number of benzene rings is 1. The summed E-state index contributed by atoms with van der Waals surface area (Å²) in [5, 5.41) is 2.30. The van der Waals surface area contributed by atoms with Crippen LogP contribution in [0.4, 0.5) is 8.78 Å². The Kier molecular flexibility index (Phi) is 4.14. The molecule has 1 aromatic rings. The van der Waals surface area contributed by atoms with Gasteiger partial charge in [-0.25, -0.2) is 8.78 Å². The van der Waals surface area contributed by atoms with Crippen LogP contribution in [0.2, 0.25) is 0 Å². The highest BCUT2D eigenvalue weighted by molar-refractivity contribution is 5.87. The van der Waals surface area contributed by atoms with Gasteiger partial charge >= 0.3 is 0 Å². The van der Waals surface area contributed by atoms with E-state index in [-0.39, 0.29) is 12.0 Å². The zero-order chi connectivity index (χ0) is 13.0. The van der Waals surface area contributed by atoms with Gasteiger partial charge in [0.05, 0.1) is 6.42 Å². The molecular formula is C11H12F2N2O2. The molecule has 0 bridgehead atoms. The van der Waals surface area contributed by atoms with Crippen molar-refractivity contribution in [2.75, 3.05) is 0 Å². The summed E-state index contributed by atoms with van der Waals surface area (Å²) in [7, 11) is 0. The van der Waals surface area contributed by atoms with Crippen molar-refractivity contribution < 1.29 is 18.4 Å². The number of rotatable bonds is 4. The first-order valence-corrected chi connectivity index (χ1v) is 4.92. The number of primary amides is 1. The maximum Gasteiger partial charge on any atom is 0.239 e. The van der Waals surface area contributed by atoms with Crippen LogP contribution in [0.25, 0.3) is 0 Å². The second-order valence-electron chi connectivity index (χ2n) is 3.60. The Morgan fingerprint density at radius 3 is 2.59 bits per heavy atom. The summed E-state index contributed by atoms with van der Waals surface area (Å²) in [4.78, 5) is 22.1. The van der Waals surface area contributed by atoms with Crippen LogP contribution in [-0.4, -0.2) is 17.9 Å². The molecule has 0 fully saturated rings. The molecule has 3 N–H and O–H groups in total. The summed E-state index contributed by atoms with van der Waals surface area (Å²) in [6.45, 7) is 1.42. The molecule has 1 atom stereocenters. The Balaban J connectivity index is 2.65. The molecule has 0 aromatic heterocycles. The molecule has 0 unspecified atom stereocenters. The molecule has 6 heteroatoms. The molecule has 0 aliphatic rings. The lowest BCUT2D eigenvalue weighted by atomic mass is 10.1. The van der Waals surface area contributed by atoms with Crippen LogP contribution in [0, 0.1) is 11.6 Å². The molecule has 17 heavy (non-hydrogen) atoms. The third-order valence-corrected chi connectivity index (χ3v) is 2.17. The Labute approximate surface area is 96.8 Å². The molecule has 2 amide bonds. The van der Waals surface area contributed by atoms with E-state index in [1.807, 2.05) is 0 Å². The van der Waals surface area contributed by atoms with Crippen LogP contribution >= 0.6 is 0 Å². The van der Waals surface area contributed by atoms with Crippen LogP contribution in [0.15, 0.2) is 18.2 Å². The molecule has 0 saturated heterocycles. The van der Waals surface area contributed by atoms with E-state index in [4.69, 9.17) is 5.73 Å². The van der Waals surface area contributed by atoms with E-state index < -0.39 is 29.5 Å². The number of nitrogens with two attached hydrogens (primary N) is 1. The van der Waals surface area contributed by atoms with Gasteiger partial charge < -0.3 is 11.1 Å². The van der Waals surface area contributed by atoms with Gasteiger partial charge in [0.15, 0.2) is 0 Å². The van der Waals surface area contributed by atoms with Gasteiger partial charge in [-0.3, -0.25) is 9.59 Å². The lowest BCUT2D eigenvalue weighted by molar-refractivity contribution is -0.126. The smallest absolute Gasteiger partial charge is 0.239 e. The van der Waals surface area contributed by atoms with E-state index in [1.54, 1.807) is 0 Å². The van der Waals surface area contributed by atoms with Gasteiger partial charge in [0.2, 0.25) is 11.8 Å². The molecule has 1 aromatic carbocycles. The first kappa shape index (κ1) is 13.1. The molecule has 0 spiro atoms. The minimum atomic E-state index is -0.828. The van der Waals surface area contributed by atoms with Crippen LogP contribution in [0.3, 0.4) is 0 Å². The average molecular weight is 242 g/mol. The number of halogens is 2. The number of amides is 2. The van der Waals surface area contributed by atoms with Gasteiger partial charge in [-0.15, -0.1) is 0 Å². The summed E-state index contributed by atoms with van der Waals surface area (Å²) in [6, 6.07) is 2.11. The molecule has 0 saturated carbocycles.